The summed E-state index contributed by atoms with van der Waals surface area (Å²) < 4.78 is 0.544. The lowest BCUT2D eigenvalue weighted by Crippen LogP contribution is -2.40. The molecule has 1 N–H and O–H groups in total. The van der Waals surface area contributed by atoms with Crippen molar-refractivity contribution in [2.75, 3.05) is 11.6 Å². The quantitative estimate of drug-likeness (QED) is 0.423. The van der Waals surface area contributed by atoms with Gasteiger partial charge in [-0.15, -0.1) is 11.6 Å². The van der Waals surface area contributed by atoms with Crippen LogP contribution >= 0.6 is 36.0 Å². The van der Waals surface area contributed by atoms with Crippen molar-refractivity contribution in [2.24, 2.45) is 0 Å². The van der Waals surface area contributed by atoms with Crippen LogP contribution < -0.4 is 0 Å². The number of rotatable bonds is 4. The smallest absolute Gasteiger partial charge is 0.328 e. The Morgan fingerprint density at radius 2 is 2.08 bits per heavy atom. The molecule has 0 saturated heterocycles. The molecule has 0 aromatic heterocycles. The number of hydrogen-bond donors (Lipinski definition) is 2. The average Bonchev–Trinajstić information content (AvgIpc) is 2.03. The predicted molar refractivity (Wildman–Crippen MR) is 48.7 cm³/mol. The van der Waals surface area contributed by atoms with Gasteiger partial charge >= 0.3 is 5.97 Å². The molecule has 0 saturated carbocycles. The van der Waals surface area contributed by atoms with Crippen molar-refractivity contribution in [3.05, 3.63) is 0 Å². The van der Waals surface area contributed by atoms with Crippen LogP contribution in [0, 0.1) is 0 Å². The third-order valence-corrected chi connectivity index (χ3v) is 2.08. The fourth-order valence-electron chi connectivity index (χ4n) is 0.478. The van der Waals surface area contributed by atoms with Gasteiger partial charge in [0, 0.05) is 17.5 Å². The van der Waals surface area contributed by atoms with E-state index in [1.165, 1.54) is 0 Å². The number of carboxylic acid groups (broad SMARTS) is 1. The number of carbonyl (C=O) groups is 2. The van der Waals surface area contributed by atoms with Crippen molar-refractivity contribution in [1.82, 2.24) is 4.42 Å². The second-order valence-corrected chi connectivity index (χ2v) is 2.87. The van der Waals surface area contributed by atoms with Crippen LogP contribution in [-0.2, 0) is 9.59 Å². The van der Waals surface area contributed by atoms with Gasteiger partial charge in [0.25, 0.3) is 5.91 Å². The lowest BCUT2D eigenvalue weighted by molar-refractivity contribution is -0.144. The molecule has 0 radical (unpaired) electrons. The number of halogens is 2. The Bertz CT molecular complexity index is 190. The maximum Gasteiger partial charge on any atom is 0.328 e. The van der Waals surface area contributed by atoms with Crippen LogP contribution in [0.5, 0.6) is 0 Å². The Kier molecular flexibility index (Phi) is 5.44. The van der Waals surface area contributed by atoms with Gasteiger partial charge in [0.1, 0.15) is 5.88 Å². The summed E-state index contributed by atoms with van der Waals surface area (Å²) in [5.41, 5.74) is 0. The molecule has 0 unspecified atom stereocenters. The molecule has 0 spiro atoms. The first-order valence-electron chi connectivity index (χ1n) is 2.92. The van der Waals surface area contributed by atoms with E-state index in [9.17, 15) is 9.59 Å². The molecule has 4 nitrogen and oxygen atoms in total. The normalized spacial score (nSPS) is 12.2. The van der Waals surface area contributed by atoms with Crippen LogP contribution in [-0.4, -0.2) is 39.1 Å². The molecule has 0 aliphatic rings. The summed E-state index contributed by atoms with van der Waals surface area (Å²) >= 11 is 14.2. The Labute approximate surface area is 84.9 Å². The molecule has 0 aromatic rings. The molecule has 0 aliphatic heterocycles. The predicted octanol–water partition coefficient (Wildman–Crippen LogP) is 0.591. The first-order valence-corrected chi connectivity index (χ1v) is 4.42. The van der Waals surface area contributed by atoms with E-state index in [4.69, 9.17) is 28.5 Å². The lowest BCUT2D eigenvalue weighted by atomic mass is 10.3. The van der Waals surface area contributed by atoms with Crippen LogP contribution in [0.3, 0.4) is 0 Å². The molecule has 0 rings (SSSR count). The first-order chi connectivity index (χ1) is 5.54. The fraction of sp³-hybridized carbons (Fsp3) is 0.600. The number of thiol groups is 1. The summed E-state index contributed by atoms with van der Waals surface area (Å²) in [7, 11) is 0. The second-order valence-electron chi connectivity index (χ2n) is 1.88. The van der Waals surface area contributed by atoms with Gasteiger partial charge in [0.15, 0.2) is 6.04 Å². The highest BCUT2D eigenvalue weighted by Crippen LogP contribution is 2.07. The Balaban J connectivity index is 4.30. The van der Waals surface area contributed by atoms with E-state index in [-0.39, 0.29) is 11.6 Å². The molecule has 0 aromatic carbocycles. The fourth-order valence-corrected chi connectivity index (χ4v) is 1.30. The highest BCUT2D eigenvalue weighted by Gasteiger charge is 2.26. The van der Waals surface area contributed by atoms with E-state index < -0.39 is 17.9 Å². The molecular weight excluding hydrogens is 225 g/mol. The van der Waals surface area contributed by atoms with Crippen LogP contribution in [0.1, 0.15) is 0 Å². The zero-order chi connectivity index (χ0) is 9.72. The minimum absolute atomic E-state index is 0.0541. The third kappa shape index (κ3) is 3.08. The number of alkyl halides is 1. The number of aliphatic carboxylic acids is 1. The summed E-state index contributed by atoms with van der Waals surface area (Å²) in [6, 6.07) is -1.14. The molecule has 0 fully saturated rings. The minimum Gasteiger partial charge on any atom is -0.480 e. The van der Waals surface area contributed by atoms with Crippen molar-refractivity contribution in [3.8, 4) is 0 Å². The maximum atomic E-state index is 10.8. The Hall–Kier alpha value is -0.130. The largest absolute Gasteiger partial charge is 0.480 e. The van der Waals surface area contributed by atoms with Crippen LogP contribution in [0.4, 0.5) is 0 Å². The highest BCUT2D eigenvalue weighted by molar-refractivity contribution is 7.80. The van der Waals surface area contributed by atoms with Gasteiger partial charge < -0.3 is 5.11 Å². The third-order valence-electron chi connectivity index (χ3n) is 1.08. The second kappa shape index (κ2) is 5.50. The topological polar surface area (TPSA) is 57.6 Å². The van der Waals surface area contributed by atoms with E-state index in [0.717, 1.165) is 0 Å². The monoisotopic (exact) mass is 231 g/mol. The summed E-state index contributed by atoms with van der Waals surface area (Å²) in [5, 5.41) is 8.52. The van der Waals surface area contributed by atoms with Gasteiger partial charge in [-0.05, 0) is 0 Å². The van der Waals surface area contributed by atoms with E-state index in [0.29, 0.717) is 4.42 Å². The van der Waals surface area contributed by atoms with Crippen molar-refractivity contribution in [1.29, 1.82) is 0 Å². The number of carboxylic acids is 1. The lowest BCUT2D eigenvalue weighted by Gasteiger charge is -2.18. The minimum atomic E-state index is -1.21. The molecule has 0 bridgehead atoms. The molecule has 1 atom stereocenters. The summed E-state index contributed by atoms with van der Waals surface area (Å²) in [6.07, 6.45) is 0. The molecule has 7 heteroatoms. The van der Waals surface area contributed by atoms with Gasteiger partial charge in [0.2, 0.25) is 0 Å². The van der Waals surface area contributed by atoms with E-state index in [1.807, 2.05) is 0 Å². The average molecular weight is 232 g/mol. The molecule has 1 amide bonds. The van der Waals surface area contributed by atoms with Gasteiger partial charge in [-0.25, -0.2) is 9.21 Å². The van der Waals surface area contributed by atoms with Gasteiger partial charge in [0.05, 0.1) is 0 Å². The van der Waals surface area contributed by atoms with E-state index in [2.05, 4.69) is 12.6 Å². The number of hydrogen-bond acceptors (Lipinski definition) is 3. The van der Waals surface area contributed by atoms with Crippen molar-refractivity contribution < 1.29 is 14.7 Å². The Morgan fingerprint density at radius 3 is 2.33 bits per heavy atom. The van der Waals surface area contributed by atoms with Gasteiger partial charge in [-0.2, -0.15) is 12.6 Å². The zero-order valence-corrected chi connectivity index (χ0v) is 8.31. The number of nitrogens with zero attached hydrogens (tertiary/aromatic N) is 1. The van der Waals surface area contributed by atoms with Crippen molar-refractivity contribution in [2.45, 2.75) is 6.04 Å². The van der Waals surface area contributed by atoms with E-state index in [1.54, 1.807) is 0 Å². The molecule has 12 heavy (non-hydrogen) atoms. The van der Waals surface area contributed by atoms with E-state index >= 15 is 0 Å². The molecular formula is C5H7Cl2NO3S. The molecule has 0 aliphatic carbocycles. The maximum absolute atomic E-state index is 10.8. The molecule has 0 heterocycles. The summed E-state index contributed by atoms with van der Waals surface area (Å²) in [5.74, 6) is -2.26. The van der Waals surface area contributed by atoms with Crippen molar-refractivity contribution in [3.63, 3.8) is 0 Å². The standard InChI is InChI=1S/C5H7Cl2NO3S/c6-1-4(9)8(7)3(2-12)5(10)11/h3,12H,1-2H2,(H,10,11)/t3-/m0/s1. The van der Waals surface area contributed by atoms with Crippen molar-refractivity contribution >= 4 is 47.9 Å². The SMILES string of the molecule is O=C(O)[C@H](CS)N(Cl)C(=O)CCl. The zero-order valence-electron chi connectivity index (χ0n) is 5.91. The summed E-state index contributed by atoms with van der Waals surface area (Å²) in [4.78, 5) is 21.2. The summed E-state index contributed by atoms with van der Waals surface area (Å²) in [6.45, 7) is 0. The van der Waals surface area contributed by atoms with Crippen LogP contribution in [0.2, 0.25) is 0 Å². The first kappa shape index (κ1) is 11.9. The number of amides is 1. The van der Waals surface area contributed by atoms with Gasteiger partial charge in [-0.3, -0.25) is 4.79 Å². The highest BCUT2D eigenvalue weighted by atomic mass is 35.5. The molecule has 70 valence electrons. The van der Waals surface area contributed by atoms with Gasteiger partial charge in [-0.1, -0.05) is 0 Å². The van der Waals surface area contributed by atoms with Crippen LogP contribution in [0.25, 0.3) is 0 Å². The Morgan fingerprint density at radius 1 is 1.58 bits per heavy atom. The number of carbonyl (C=O) groups excluding carboxylic acids is 1. The van der Waals surface area contributed by atoms with Crippen LogP contribution in [0.15, 0.2) is 0 Å².